The molecule has 150 valence electrons. The van der Waals surface area contributed by atoms with Crippen LogP contribution in [0.5, 0.6) is 11.5 Å². The van der Waals surface area contributed by atoms with Gasteiger partial charge >= 0.3 is 0 Å². The SMILES string of the molecule is Fc1ccc(-c2nc(-c3ccccc3)c(-c3ccccc3)[nH]2)cc1Oc1ccccc1. The molecule has 1 heterocycles. The number of para-hydroxylation sites is 1. The summed E-state index contributed by atoms with van der Waals surface area (Å²) in [7, 11) is 0. The van der Waals surface area contributed by atoms with Crippen molar-refractivity contribution in [1.82, 2.24) is 9.97 Å². The summed E-state index contributed by atoms with van der Waals surface area (Å²) in [6.45, 7) is 0. The Labute approximate surface area is 179 Å². The predicted octanol–water partition coefficient (Wildman–Crippen LogP) is 7.34. The molecule has 31 heavy (non-hydrogen) atoms. The molecule has 0 unspecified atom stereocenters. The van der Waals surface area contributed by atoms with Gasteiger partial charge in [-0.05, 0) is 30.3 Å². The van der Waals surface area contributed by atoms with Gasteiger partial charge in [-0.3, -0.25) is 0 Å². The van der Waals surface area contributed by atoms with Gasteiger partial charge in [0.25, 0.3) is 0 Å². The van der Waals surface area contributed by atoms with Gasteiger partial charge in [-0.25, -0.2) is 9.37 Å². The average Bonchev–Trinajstić information content (AvgIpc) is 3.28. The van der Waals surface area contributed by atoms with E-state index in [0.29, 0.717) is 11.6 Å². The van der Waals surface area contributed by atoms with E-state index >= 15 is 0 Å². The largest absolute Gasteiger partial charge is 0.454 e. The molecule has 1 aromatic heterocycles. The molecule has 4 aromatic carbocycles. The van der Waals surface area contributed by atoms with Crippen molar-refractivity contribution in [1.29, 1.82) is 0 Å². The molecule has 0 amide bonds. The van der Waals surface area contributed by atoms with E-state index in [2.05, 4.69) is 4.98 Å². The molecule has 0 atom stereocenters. The predicted molar refractivity (Wildman–Crippen MR) is 121 cm³/mol. The molecular formula is C27H19FN2O. The van der Waals surface area contributed by atoms with Gasteiger partial charge in [0.1, 0.15) is 11.6 Å². The number of rotatable bonds is 5. The van der Waals surface area contributed by atoms with Gasteiger partial charge in [0.05, 0.1) is 11.4 Å². The quantitative estimate of drug-likeness (QED) is 0.331. The van der Waals surface area contributed by atoms with Crippen molar-refractivity contribution in [2.45, 2.75) is 0 Å². The lowest BCUT2D eigenvalue weighted by Crippen LogP contribution is -1.90. The van der Waals surface area contributed by atoms with Crippen molar-refractivity contribution in [3.8, 4) is 45.4 Å². The number of hydrogen-bond donors (Lipinski definition) is 1. The number of aromatic nitrogens is 2. The number of halogens is 1. The third-order valence-electron chi connectivity index (χ3n) is 4.99. The first-order chi connectivity index (χ1) is 15.3. The van der Waals surface area contributed by atoms with E-state index in [1.807, 2.05) is 78.9 Å². The van der Waals surface area contributed by atoms with Crippen LogP contribution in [0.15, 0.2) is 109 Å². The van der Waals surface area contributed by atoms with Crippen molar-refractivity contribution in [3.05, 3.63) is 115 Å². The maximum Gasteiger partial charge on any atom is 0.165 e. The molecule has 0 saturated carbocycles. The summed E-state index contributed by atoms with van der Waals surface area (Å²) >= 11 is 0. The number of hydrogen-bond acceptors (Lipinski definition) is 2. The Morgan fingerprint density at radius 1 is 0.645 bits per heavy atom. The molecule has 0 fully saturated rings. The van der Waals surface area contributed by atoms with Crippen molar-refractivity contribution in [2.24, 2.45) is 0 Å². The van der Waals surface area contributed by atoms with Crippen LogP contribution in [0.25, 0.3) is 33.9 Å². The van der Waals surface area contributed by atoms with Crippen LogP contribution in [-0.4, -0.2) is 9.97 Å². The number of H-pyrrole nitrogens is 1. The number of nitrogens with zero attached hydrogens (tertiary/aromatic N) is 1. The Morgan fingerprint density at radius 2 is 1.26 bits per heavy atom. The van der Waals surface area contributed by atoms with Gasteiger partial charge in [0, 0.05) is 16.7 Å². The summed E-state index contributed by atoms with van der Waals surface area (Å²) in [6, 6.07) is 34.0. The highest BCUT2D eigenvalue weighted by atomic mass is 19.1. The lowest BCUT2D eigenvalue weighted by atomic mass is 10.1. The summed E-state index contributed by atoms with van der Waals surface area (Å²) < 4.78 is 20.2. The number of benzene rings is 4. The van der Waals surface area contributed by atoms with Gasteiger partial charge in [0.15, 0.2) is 11.6 Å². The molecule has 0 bridgehead atoms. The fourth-order valence-electron chi connectivity index (χ4n) is 3.47. The second kappa shape index (κ2) is 8.28. The third-order valence-corrected chi connectivity index (χ3v) is 4.99. The van der Waals surface area contributed by atoms with Gasteiger partial charge in [-0.15, -0.1) is 0 Å². The van der Waals surface area contributed by atoms with Crippen molar-refractivity contribution < 1.29 is 9.13 Å². The standard InChI is InChI=1S/C27H19FN2O/c28-23-17-16-21(18-24(23)31-22-14-8-3-9-15-22)27-29-25(19-10-4-1-5-11-19)26(30-27)20-12-6-2-7-13-20/h1-18H,(H,29,30). The summed E-state index contributed by atoms with van der Waals surface area (Å²) in [5.74, 6) is 0.955. The second-order valence-corrected chi connectivity index (χ2v) is 7.10. The molecule has 4 heteroatoms. The number of nitrogens with one attached hydrogen (secondary N) is 1. The molecule has 0 saturated heterocycles. The smallest absolute Gasteiger partial charge is 0.165 e. The molecular weight excluding hydrogens is 387 g/mol. The van der Waals surface area contributed by atoms with E-state index in [1.165, 1.54) is 6.07 Å². The van der Waals surface area contributed by atoms with Crippen LogP contribution in [0.2, 0.25) is 0 Å². The van der Waals surface area contributed by atoms with Crippen molar-refractivity contribution >= 4 is 0 Å². The Balaban J connectivity index is 1.60. The molecule has 5 rings (SSSR count). The van der Waals surface area contributed by atoms with E-state index in [4.69, 9.17) is 9.72 Å². The van der Waals surface area contributed by atoms with Gasteiger partial charge < -0.3 is 9.72 Å². The molecule has 1 N–H and O–H groups in total. The van der Waals surface area contributed by atoms with E-state index in [9.17, 15) is 4.39 Å². The van der Waals surface area contributed by atoms with Crippen molar-refractivity contribution in [2.75, 3.05) is 0 Å². The highest BCUT2D eigenvalue weighted by Crippen LogP contribution is 2.35. The summed E-state index contributed by atoms with van der Waals surface area (Å²) in [4.78, 5) is 8.31. The van der Waals surface area contributed by atoms with Crippen LogP contribution in [0.4, 0.5) is 4.39 Å². The first-order valence-corrected chi connectivity index (χ1v) is 10.0. The highest BCUT2D eigenvalue weighted by molar-refractivity contribution is 5.81. The third kappa shape index (κ3) is 3.96. The zero-order valence-electron chi connectivity index (χ0n) is 16.6. The Hall–Kier alpha value is -4.18. The Morgan fingerprint density at radius 3 is 1.94 bits per heavy atom. The first kappa shape index (κ1) is 18.8. The lowest BCUT2D eigenvalue weighted by Gasteiger charge is -2.08. The van der Waals surface area contributed by atoms with Gasteiger partial charge in [-0.1, -0.05) is 78.9 Å². The number of ether oxygens (including phenoxy) is 1. The number of imidazole rings is 1. The first-order valence-electron chi connectivity index (χ1n) is 10.0. The van der Waals surface area contributed by atoms with Crippen LogP contribution in [0.3, 0.4) is 0 Å². The van der Waals surface area contributed by atoms with Gasteiger partial charge in [0.2, 0.25) is 0 Å². The Bertz CT molecular complexity index is 1240. The zero-order valence-corrected chi connectivity index (χ0v) is 16.6. The average molecular weight is 406 g/mol. The molecule has 0 aliphatic carbocycles. The Kier molecular flexibility index (Phi) is 5.03. The van der Waals surface area contributed by atoms with E-state index < -0.39 is 5.82 Å². The second-order valence-electron chi connectivity index (χ2n) is 7.10. The van der Waals surface area contributed by atoms with Gasteiger partial charge in [-0.2, -0.15) is 0 Å². The summed E-state index contributed by atoms with van der Waals surface area (Å²) in [5, 5.41) is 0. The zero-order chi connectivity index (χ0) is 21.0. The molecule has 5 aromatic rings. The maximum atomic E-state index is 14.4. The van der Waals surface area contributed by atoms with Crippen LogP contribution in [0.1, 0.15) is 0 Å². The molecule has 0 radical (unpaired) electrons. The molecule has 0 aliphatic rings. The van der Waals surface area contributed by atoms with E-state index in [-0.39, 0.29) is 5.75 Å². The van der Waals surface area contributed by atoms with Crippen LogP contribution in [0, 0.1) is 5.82 Å². The number of aromatic amines is 1. The molecule has 0 aliphatic heterocycles. The molecule has 0 spiro atoms. The monoisotopic (exact) mass is 406 g/mol. The highest BCUT2D eigenvalue weighted by Gasteiger charge is 2.16. The summed E-state index contributed by atoms with van der Waals surface area (Å²) in [5.41, 5.74) is 4.54. The minimum absolute atomic E-state index is 0.155. The van der Waals surface area contributed by atoms with Crippen LogP contribution >= 0.6 is 0 Å². The minimum atomic E-state index is -0.425. The fourth-order valence-corrected chi connectivity index (χ4v) is 3.47. The van der Waals surface area contributed by atoms with Crippen LogP contribution < -0.4 is 4.74 Å². The fraction of sp³-hybridized carbons (Fsp3) is 0. The topological polar surface area (TPSA) is 37.9 Å². The van der Waals surface area contributed by atoms with E-state index in [1.54, 1.807) is 24.3 Å². The minimum Gasteiger partial charge on any atom is -0.454 e. The molecule has 3 nitrogen and oxygen atoms in total. The maximum absolute atomic E-state index is 14.4. The summed E-state index contributed by atoms with van der Waals surface area (Å²) in [6.07, 6.45) is 0. The van der Waals surface area contributed by atoms with Crippen LogP contribution in [-0.2, 0) is 0 Å². The van der Waals surface area contributed by atoms with E-state index in [0.717, 1.165) is 28.1 Å². The lowest BCUT2D eigenvalue weighted by molar-refractivity contribution is 0.442. The van der Waals surface area contributed by atoms with Crippen molar-refractivity contribution in [3.63, 3.8) is 0 Å². The normalized spacial score (nSPS) is 10.7.